The summed E-state index contributed by atoms with van der Waals surface area (Å²) in [6, 6.07) is 5.39. The van der Waals surface area contributed by atoms with E-state index in [9.17, 15) is 4.39 Å². The Labute approximate surface area is 68.1 Å². The summed E-state index contributed by atoms with van der Waals surface area (Å²) >= 11 is 0. The topological polar surface area (TPSA) is 0 Å². The average Bonchev–Trinajstić information content (AvgIpc) is 2.04. The van der Waals surface area contributed by atoms with Crippen molar-refractivity contribution in [2.45, 2.75) is 27.7 Å². The molecule has 0 saturated carbocycles. The van der Waals surface area contributed by atoms with Gasteiger partial charge in [-0.25, -0.2) is 4.39 Å². The SMILES string of the molecule is CC.Cc1cccc(C)c1F. The van der Waals surface area contributed by atoms with E-state index in [0.717, 1.165) is 11.1 Å². The van der Waals surface area contributed by atoms with Gasteiger partial charge < -0.3 is 0 Å². The second-order valence-corrected chi connectivity index (χ2v) is 2.21. The summed E-state index contributed by atoms with van der Waals surface area (Å²) in [6.07, 6.45) is 0. The summed E-state index contributed by atoms with van der Waals surface area (Å²) in [7, 11) is 0. The summed E-state index contributed by atoms with van der Waals surface area (Å²) in [5.41, 5.74) is 1.44. The molecular formula is C10H15F. The van der Waals surface area contributed by atoms with Crippen LogP contribution >= 0.6 is 0 Å². The maximum Gasteiger partial charge on any atom is 0.129 e. The average molecular weight is 154 g/mol. The van der Waals surface area contributed by atoms with E-state index < -0.39 is 0 Å². The highest BCUT2D eigenvalue weighted by Crippen LogP contribution is 2.09. The highest BCUT2D eigenvalue weighted by Gasteiger charge is 1.96. The van der Waals surface area contributed by atoms with Crippen LogP contribution in [0.3, 0.4) is 0 Å². The molecule has 0 unspecified atom stereocenters. The highest BCUT2D eigenvalue weighted by molar-refractivity contribution is 5.23. The molecule has 0 aliphatic rings. The van der Waals surface area contributed by atoms with Crippen LogP contribution in [-0.4, -0.2) is 0 Å². The van der Waals surface area contributed by atoms with E-state index in [1.807, 2.05) is 19.9 Å². The molecule has 0 amide bonds. The van der Waals surface area contributed by atoms with E-state index in [-0.39, 0.29) is 5.82 Å². The van der Waals surface area contributed by atoms with Gasteiger partial charge in [-0.05, 0) is 25.0 Å². The third kappa shape index (κ3) is 2.71. The van der Waals surface area contributed by atoms with Gasteiger partial charge in [-0.2, -0.15) is 0 Å². The smallest absolute Gasteiger partial charge is 0.129 e. The Morgan fingerprint density at radius 2 is 1.36 bits per heavy atom. The molecule has 0 aliphatic carbocycles. The maximum atomic E-state index is 12.7. The second kappa shape index (κ2) is 4.89. The van der Waals surface area contributed by atoms with Gasteiger partial charge in [0.25, 0.3) is 0 Å². The molecule has 0 nitrogen and oxygen atoms in total. The molecule has 0 atom stereocenters. The zero-order chi connectivity index (χ0) is 8.85. The molecule has 62 valence electrons. The van der Waals surface area contributed by atoms with Crippen molar-refractivity contribution in [2.24, 2.45) is 0 Å². The van der Waals surface area contributed by atoms with Crippen molar-refractivity contribution in [3.63, 3.8) is 0 Å². The van der Waals surface area contributed by atoms with Crippen molar-refractivity contribution in [3.05, 3.63) is 35.1 Å². The van der Waals surface area contributed by atoms with E-state index in [1.165, 1.54) is 0 Å². The van der Waals surface area contributed by atoms with Crippen LogP contribution in [0.2, 0.25) is 0 Å². The Morgan fingerprint density at radius 3 is 1.64 bits per heavy atom. The van der Waals surface area contributed by atoms with E-state index in [1.54, 1.807) is 26.0 Å². The molecule has 0 N–H and O–H groups in total. The summed E-state index contributed by atoms with van der Waals surface area (Å²) in [6.45, 7) is 7.53. The van der Waals surface area contributed by atoms with Gasteiger partial charge in [0.05, 0.1) is 0 Å². The Morgan fingerprint density at radius 1 is 1.00 bits per heavy atom. The lowest BCUT2D eigenvalue weighted by Gasteiger charge is -1.96. The van der Waals surface area contributed by atoms with Crippen molar-refractivity contribution in [1.29, 1.82) is 0 Å². The quantitative estimate of drug-likeness (QED) is 0.536. The molecule has 1 aromatic carbocycles. The first kappa shape index (κ1) is 10.2. The van der Waals surface area contributed by atoms with Crippen LogP contribution in [0.5, 0.6) is 0 Å². The number of hydrogen-bond acceptors (Lipinski definition) is 0. The molecule has 11 heavy (non-hydrogen) atoms. The Kier molecular flexibility index (Phi) is 4.51. The minimum atomic E-state index is -0.0856. The van der Waals surface area contributed by atoms with Gasteiger partial charge in [-0.3, -0.25) is 0 Å². The highest BCUT2D eigenvalue weighted by atomic mass is 19.1. The van der Waals surface area contributed by atoms with Crippen LogP contribution in [0.25, 0.3) is 0 Å². The van der Waals surface area contributed by atoms with Crippen molar-refractivity contribution in [1.82, 2.24) is 0 Å². The summed E-state index contributed by atoms with van der Waals surface area (Å²) < 4.78 is 12.7. The summed E-state index contributed by atoms with van der Waals surface area (Å²) in [4.78, 5) is 0. The zero-order valence-corrected chi connectivity index (χ0v) is 7.61. The number of aryl methyl sites for hydroxylation is 2. The Balaban J connectivity index is 0.000000461. The van der Waals surface area contributed by atoms with Crippen molar-refractivity contribution < 1.29 is 4.39 Å². The van der Waals surface area contributed by atoms with Gasteiger partial charge in [0.1, 0.15) is 5.82 Å². The molecule has 0 aliphatic heterocycles. The van der Waals surface area contributed by atoms with Gasteiger partial charge in [0, 0.05) is 0 Å². The summed E-state index contributed by atoms with van der Waals surface area (Å²) in [5, 5.41) is 0. The second-order valence-electron chi connectivity index (χ2n) is 2.21. The third-order valence-electron chi connectivity index (χ3n) is 1.38. The maximum absolute atomic E-state index is 12.7. The number of benzene rings is 1. The third-order valence-corrected chi connectivity index (χ3v) is 1.38. The van der Waals surface area contributed by atoms with Gasteiger partial charge in [-0.15, -0.1) is 0 Å². The molecule has 0 fully saturated rings. The minimum Gasteiger partial charge on any atom is -0.206 e. The molecule has 0 radical (unpaired) electrons. The number of hydrogen-bond donors (Lipinski definition) is 0. The molecule has 0 aromatic heterocycles. The van der Waals surface area contributed by atoms with E-state index in [0.29, 0.717) is 0 Å². The van der Waals surface area contributed by atoms with Gasteiger partial charge >= 0.3 is 0 Å². The monoisotopic (exact) mass is 154 g/mol. The normalized spacial score (nSPS) is 8.45. The van der Waals surface area contributed by atoms with Crippen molar-refractivity contribution in [3.8, 4) is 0 Å². The first-order chi connectivity index (χ1) is 5.22. The summed E-state index contributed by atoms with van der Waals surface area (Å²) in [5.74, 6) is -0.0856. The molecule has 1 aromatic rings. The molecule has 1 rings (SSSR count). The van der Waals surface area contributed by atoms with E-state index >= 15 is 0 Å². The lowest BCUT2D eigenvalue weighted by Crippen LogP contribution is -1.84. The minimum absolute atomic E-state index is 0.0856. The Bertz CT molecular complexity index is 196. The molecule has 0 bridgehead atoms. The van der Waals surface area contributed by atoms with E-state index in [4.69, 9.17) is 0 Å². The van der Waals surface area contributed by atoms with Crippen LogP contribution < -0.4 is 0 Å². The van der Waals surface area contributed by atoms with Crippen LogP contribution in [0.15, 0.2) is 18.2 Å². The predicted octanol–water partition coefficient (Wildman–Crippen LogP) is 3.47. The fraction of sp³-hybridized carbons (Fsp3) is 0.400. The van der Waals surface area contributed by atoms with Crippen LogP contribution in [-0.2, 0) is 0 Å². The molecule has 1 heteroatoms. The van der Waals surface area contributed by atoms with Crippen LogP contribution in [0.4, 0.5) is 4.39 Å². The lowest BCUT2D eigenvalue weighted by molar-refractivity contribution is 0.609. The van der Waals surface area contributed by atoms with Gasteiger partial charge in [0.15, 0.2) is 0 Å². The van der Waals surface area contributed by atoms with Crippen molar-refractivity contribution in [2.75, 3.05) is 0 Å². The fourth-order valence-electron chi connectivity index (χ4n) is 0.794. The fourth-order valence-corrected chi connectivity index (χ4v) is 0.794. The lowest BCUT2D eigenvalue weighted by atomic mass is 10.1. The largest absolute Gasteiger partial charge is 0.206 e. The Hall–Kier alpha value is -0.850. The molecule has 0 spiro atoms. The molecule has 0 heterocycles. The first-order valence-electron chi connectivity index (χ1n) is 3.93. The van der Waals surface area contributed by atoms with Crippen molar-refractivity contribution >= 4 is 0 Å². The van der Waals surface area contributed by atoms with Gasteiger partial charge in [0.2, 0.25) is 0 Å². The zero-order valence-electron chi connectivity index (χ0n) is 7.61. The van der Waals surface area contributed by atoms with Crippen LogP contribution in [0.1, 0.15) is 25.0 Å². The first-order valence-corrected chi connectivity index (χ1v) is 3.93. The van der Waals surface area contributed by atoms with E-state index in [2.05, 4.69) is 0 Å². The molecular weight excluding hydrogens is 139 g/mol. The predicted molar refractivity (Wildman–Crippen MR) is 47.2 cm³/mol. The van der Waals surface area contributed by atoms with Crippen LogP contribution in [0, 0.1) is 19.7 Å². The van der Waals surface area contributed by atoms with Gasteiger partial charge in [-0.1, -0.05) is 32.0 Å². The molecule has 0 saturated heterocycles. The number of rotatable bonds is 0. The standard InChI is InChI=1S/C8H9F.C2H6/c1-6-4-3-5-7(2)8(6)9;1-2/h3-5H,1-2H3;1-2H3. The number of halogens is 1.